The van der Waals surface area contributed by atoms with Crippen LogP contribution in [0.25, 0.3) is 0 Å². The van der Waals surface area contributed by atoms with E-state index in [1.165, 1.54) is 13.8 Å². The highest BCUT2D eigenvalue weighted by Crippen LogP contribution is 2.83. The van der Waals surface area contributed by atoms with Crippen molar-refractivity contribution in [3.05, 3.63) is 11.6 Å². The lowest BCUT2D eigenvalue weighted by molar-refractivity contribution is -0.264. The third-order valence-corrected chi connectivity index (χ3v) is 13.2. The highest BCUT2D eigenvalue weighted by atomic mass is 127. The van der Waals surface area contributed by atoms with Crippen LogP contribution < -0.4 is 0 Å². The highest BCUT2D eigenvalue weighted by Gasteiger charge is 2.84. The number of hydrogen-bond acceptors (Lipinski definition) is 11. The van der Waals surface area contributed by atoms with Gasteiger partial charge in [0.05, 0.1) is 23.5 Å². The van der Waals surface area contributed by atoms with Gasteiger partial charge in [-0.1, -0.05) is 61.4 Å². The fourth-order valence-corrected chi connectivity index (χ4v) is 11.0. The number of halogens is 1. The Hall–Kier alpha value is -2.06. The van der Waals surface area contributed by atoms with Gasteiger partial charge in [-0.05, 0) is 76.5 Å². The van der Waals surface area contributed by atoms with Gasteiger partial charge in [-0.3, -0.25) is 19.2 Å². The van der Waals surface area contributed by atoms with Gasteiger partial charge in [-0.2, -0.15) is 0 Å². The molecule has 0 unspecified atom stereocenters. The minimum absolute atomic E-state index is 0.00337. The summed E-state index contributed by atoms with van der Waals surface area (Å²) in [7, 11) is 0. The van der Waals surface area contributed by atoms with Gasteiger partial charge in [0.25, 0.3) is 0 Å². The van der Waals surface area contributed by atoms with Crippen molar-refractivity contribution in [2.45, 2.75) is 117 Å². The van der Waals surface area contributed by atoms with E-state index >= 15 is 0 Å². The molecule has 1 heterocycles. The van der Waals surface area contributed by atoms with Crippen LogP contribution in [0.2, 0.25) is 0 Å². The predicted molar refractivity (Wildman–Crippen MR) is 180 cm³/mol. The lowest BCUT2D eigenvalue weighted by atomic mass is 9.43. The van der Waals surface area contributed by atoms with E-state index in [1.807, 2.05) is 13.8 Å². The Balaban J connectivity index is 1.54. The Morgan fingerprint density at radius 1 is 1.02 bits per heavy atom. The van der Waals surface area contributed by atoms with Crippen LogP contribution in [0.1, 0.15) is 88.0 Å². The molecule has 268 valence electrons. The Morgan fingerprint density at radius 2 is 1.67 bits per heavy atom. The molecular weight excluding hydrogens is 735 g/mol. The Kier molecular flexibility index (Phi) is 10.3. The first-order chi connectivity index (χ1) is 22.4. The lowest BCUT2D eigenvalue weighted by Gasteiger charge is -2.59. The summed E-state index contributed by atoms with van der Waals surface area (Å²) in [4.78, 5) is 65.3. The van der Waals surface area contributed by atoms with Crippen LogP contribution in [-0.4, -0.2) is 72.1 Å². The summed E-state index contributed by atoms with van der Waals surface area (Å²) < 4.78 is 35.0. The molecular formula is C36H51IO11. The molecule has 3 saturated carbocycles. The van der Waals surface area contributed by atoms with Crippen molar-refractivity contribution in [3.63, 3.8) is 0 Å². The maximum atomic E-state index is 14.9. The zero-order chi connectivity index (χ0) is 35.6. The second kappa shape index (κ2) is 13.2. The Bertz CT molecular complexity index is 1350. The number of rotatable bonds is 10. The summed E-state index contributed by atoms with van der Waals surface area (Å²) in [6, 6.07) is 0. The number of esters is 4. The molecule has 12 atom stereocenters. The van der Waals surface area contributed by atoms with Gasteiger partial charge in [0.1, 0.15) is 15.6 Å². The first kappa shape index (κ1) is 37.2. The standard InChI is InChI=1S/C36H51IO11/c1-18(2)26-12-23-13-34(15-38)25-11-10-19(3)24(25)14-35(23,36(26,34)32(42)45-17-44-31(41)33(7,8)9)16-43-30-27(37)29(48-22(6)40)28(20(4)46-30)47-21(5)39/h12,15,18-20,23-25,27-30H,10-11,13-14,16-17H2,1-9H3/t19-,20-,23-,24-,25-,27-,28-,29-,30-,34+,35+,36+/m1/s1. The molecule has 12 heteroatoms. The minimum Gasteiger partial charge on any atom is -0.457 e. The van der Waals surface area contributed by atoms with E-state index in [4.69, 9.17) is 28.4 Å². The Labute approximate surface area is 297 Å². The summed E-state index contributed by atoms with van der Waals surface area (Å²) in [5, 5.41) is 0. The molecule has 5 rings (SSSR count). The van der Waals surface area contributed by atoms with E-state index in [0.29, 0.717) is 18.8 Å². The van der Waals surface area contributed by atoms with Gasteiger partial charge in [0.15, 0.2) is 18.5 Å². The largest absolute Gasteiger partial charge is 0.457 e. The van der Waals surface area contributed by atoms with Crippen LogP contribution in [0.3, 0.4) is 0 Å². The number of ether oxygens (including phenoxy) is 6. The number of hydrogen-bond donors (Lipinski definition) is 0. The molecule has 4 fully saturated rings. The molecule has 4 bridgehead atoms. The molecule has 4 aliphatic carbocycles. The van der Waals surface area contributed by atoms with Crippen LogP contribution in [0.4, 0.5) is 0 Å². The number of aldehydes is 1. The van der Waals surface area contributed by atoms with E-state index in [-0.39, 0.29) is 30.3 Å². The molecule has 0 aromatic heterocycles. The maximum absolute atomic E-state index is 14.9. The van der Waals surface area contributed by atoms with Crippen LogP contribution in [0.5, 0.6) is 0 Å². The number of carbonyl (C=O) groups is 5. The van der Waals surface area contributed by atoms with Gasteiger partial charge in [0, 0.05) is 19.3 Å². The summed E-state index contributed by atoms with van der Waals surface area (Å²) in [5.41, 5.74) is -3.11. The topological polar surface area (TPSA) is 141 Å². The van der Waals surface area contributed by atoms with Crippen molar-refractivity contribution in [2.24, 2.45) is 51.2 Å². The van der Waals surface area contributed by atoms with Crippen molar-refractivity contribution in [2.75, 3.05) is 13.4 Å². The van der Waals surface area contributed by atoms with Crippen LogP contribution >= 0.6 is 22.6 Å². The second-order valence-electron chi connectivity index (χ2n) is 16.0. The lowest BCUT2D eigenvalue weighted by Crippen LogP contribution is -2.64. The average Bonchev–Trinajstić information content (AvgIpc) is 3.56. The number of alkyl halides is 1. The zero-order valence-corrected chi connectivity index (χ0v) is 31.7. The smallest absolute Gasteiger partial charge is 0.320 e. The molecule has 0 aromatic rings. The van der Waals surface area contributed by atoms with Gasteiger partial charge >= 0.3 is 23.9 Å². The van der Waals surface area contributed by atoms with E-state index < -0.39 is 80.9 Å². The molecule has 0 N–H and O–H groups in total. The van der Waals surface area contributed by atoms with Gasteiger partial charge < -0.3 is 33.2 Å². The molecule has 48 heavy (non-hydrogen) atoms. The third kappa shape index (κ3) is 5.63. The number of allylic oxidation sites excluding steroid dienone is 1. The Morgan fingerprint density at radius 3 is 2.25 bits per heavy atom. The SMILES string of the molecule is CC(=O)O[C@@H]1[C@@H](I)[C@H](OC[C@@]23C[C@@H]4[C@H](C)CC[C@H]4[C@@]4(C=O)C[C@H]2C=C(C(C)C)[C@@]34C(=O)OCOC(=O)C(C)(C)C)O[C@H](C)[C@H]1OC(C)=O. The van der Waals surface area contributed by atoms with Crippen molar-refractivity contribution in [1.29, 1.82) is 0 Å². The molecule has 1 saturated heterocycles. The van der Waals surface area contributed by atoms with E-state index in [0.717, 1.165) is 24.7 Å². The normalized spacial score (nSPS) is 41.3. The average molecular weight is 787 g/mol. The summed E-state index contributed by atoms with van der Waals surface area (Å²) in [5.74, 6) is -1.77. The minimum atomic E-state index is -1.34. The van der Waals surface area contributed by atoms with Crippen molar-refractivity contribution >= 4 is 52.8 Å². The van der Waals surface area contributed by atoms with E-state index in [1.54, 1.807) is 27.7 Å². The van der Waals surface area contributed by atoms with Crippen LogP contribution in [-0.2, 0) is 52.4 Å². The summed E-state index contributed by atoms with van der Waals surface area (Å²) >= 11 is 2.11. The first-order valence-corrected chi connectivity index (χ1v) is 18.4. The molecule has 0 radical (unpaired) electrons. The monoisotopic (exact) mass is 786 g/mol. The molecule has 5 aliphatic rings. The maximum Gasteiger partial charge on any atom is 0.320 e. The number of fused-ring (bicyclic) bond motifs is 2. The molecule has 0 amide bonds. The molecule has 0 aromatic carbocycles. The molecule has 0 spiro atoms. The van der Waals surface area contributed by atoms with Gasteiger partial charge in [-0.25, -0.2) is 0 Å². The summed E-state index contributed by atoms with van der Waals surface area (Å²) in [6.45, 7) is 15.3. The van der Waals surface area contributed by atoms with E-state index in [2.05, 4.69) is 35.6 Å². The quantitative estimate of drug-likeness (QED) is 0.0539. The van der Waals surface area contributed by atoms with Crippen molar-refractivity contribution in [1.82, 2.24) is 0 Å². The van der Waals surface area contributed by atoms with Gasteiger partial charge in [-0.15, -0.1) is 0 Å². The third-order valence-electron chi connectivity index (χ3n) is 11.9. The highest BCUT2D eigenvalue weighted by molar-refractivity contribution is 14.1. The van der Waals surface area contributed by atoms with Crippen molar-refractivity contribution < 1.29 is 52.4 Å². The number of carbonyl (C=O) groups excluding carboxylic acids is 5. The van der Waals surface area contributed by atoms with Crippen molar-refractivity contribution in [3.8, 4) is 0 Å². The summed E-state index contributed by atoms with van der Waals surface area (Å²) in [6.07, 6.45) is 2.96. The fraction of sp³-hybridized carbons (Fsp3) is 0.806. The molecule has 1 aliphatic heterocycles. The predicted octanol–water partition coefficient (Wildman–Crippen LogP) is 5.34. The fourth-order valence-electron chi connectivity index (χ4n) is 10.1. The van der Waals surface area contributed by atoms with Crippen LogP contribution in [0.15, 0.2) is 11.6 Å². The van der Waals surface area contributed by atoms with E-state index in [9.17, 15) is 24.0 Å². The van der Waals surface area contributed by atoms with Crippen LogP contribution in [0, 0.1) is 51.2 Å². The zero-order valence-electron chi connectivity index (χ0n) is 29.5. The molecule has 11 nitrogen and oxygen atoms in total. The van der Waals surface area contributed by atoms with Gasteiger partial charge in [0.2, 0.25) is 6.79 Å². The first-order valence-electron chi connectivity index (χ1n) is 17.2. The second-order valence-corrected chi connectivity index (χ2v) is 17.5.